The summed E-state index contributed by atoms with van der Waals surface area (Å²) in [5, 5.41) is 3.02. The molecule has 0 radical (unpaired) electrons. The summed E-state index contributed by atoms with van der Waals surface area (Å²) in [6.45, 7) is 21.2. The van der Waals surface area contributed by atoms with Gasteiger partial charge in [0.15, 0.2) is 11.5 Å². The summed E-state index contributed by atoms with van der Waals surface area (Å²) in [6, 6.07) is 11.5. The predicted molar refractivity (Wildman–Crippen MR) is 248 cm³/mol. The summed E-state index contributed by atoms with van der Waals surface area (Å²) in [5.74, 6) is 2.94. The molecule has 0 bridgehead atoms. The van der Waals surface area contributed by atoms with E-state index in [1.54, 1.807) is 24.3 Å². The van der Waals surface area contributed by atoms with E-state index in [4.69, 9.17) is 14.2 Å². The Labute approximate surface area is 365 Å². The van der Waals surface area contributed by atoms with Gasteiger partial charge < -0.3 is 24.4 Å². The van der Waals surface area contributed by atoms with Gasteiger partial charge in [0.25, 0.3) is 0 Å². The summed E-state index contributed by atoms with van der Waals surface area (Å²) in [7, 11) is 1.90. The van der Waals surface area contributed by atoms with Crippen molar-refractivity contribution in [1.82, 2.24) is 4.90 Å². The standard InChI is InChI=1S/C53H84N2O5/c1-10-12-13-14-15-16-17-18-19-20-21-22-23-24-48(56)54-43-30-28-42(29-31-43)51(57)60-46-32-25-38(3)49(50(46)59-11-2)53-33-34-55(37-41-26-27-41)40(5)45(53)35-44(47(36-53)58-9)39(4)52(6,7)8/h25,28-32,39-41,44-45,47H,10-24,26-27,33-37H2,1-9H3,(H,54,56). The van der Waals surface area contributed by atoms with E-state index in [0.29, 0.717) is 59.6 Å². The number of fused-ring (bicyclic) bond motifs is 1. The first-order valence-corrected chi connectivity index (χ1v) is 24.5. The van der Waals surface area contributed by atoms with Gasteiger partial charge in [0.1, 0.15) is 0 Å². The monoisotopic (exact) mass is 829 g/mol. The van der Waals surface area contributed by atoms with Gasteiger partial charge in [0.05, 0.1) is 18.3 Å². The molecule has 6 unspecified atom stereocenters. The summed E-state index contributed by atoms with van der Waals surface area (Å²) in [6.07, 6.45) is 23.1. The van der Waals surface area contributed by atoms with E-state index in [0.717, 1.165) is 44.6 Å². The zero-order valence-corrected chi connectivity index (χ0v) is 39.5. The average Bonchev–Trinajstić information content (AvgIpc) is 4.05. The van der Waals surface area contributed by atoms with E-state index in [2.05, 4.69) is 64.7 Å². The van der Waals surface area contributed by atoms with Crippen molar-refractivity contribution < 1.29 is 23.8 Å². The van der Waals surface area contributed by atoms with Crippen molar-refractivity contribution >= 4 is 17.6 Å². The first-order valence-electron chi connectivity index (χ1n) is 24.5. The Balaban J connectivity index is 1.22. The molecule has 1 N–H and O–H groups in total. The third-order valence-corrected chi connectivity index (χ3v) is 15.0. The van der Waals surface area contributed by atoms with Crippen LogP contribution in [0.5, 0.6) is 11.5 Å². The first-order chi connectivity index (χ1) is 28.8. The Hall–Kier alpha value is -2.90. The molecule has 2 aromatic carbocycles. The molecule has 5 rings (SSSR count). The van der Waals surface area contributed by atoms with Gasteiger partial charge >= 0.3 is 5.97 Å². The summed E-state index contributed by atoms with van der Waals surface area (Å²) >= 11 is 0. The number of ether oxygens (including phenoxy) is 3. The number of hydrogen-bond acceptors (Lipinski definition) is 6. The predicted octanol–water partition coefficient (Wildman–Crippen LogP) is 13.5. The van der Waals surface area contributed by atoms with Crippen LogP contribution in [0.2, 0.25) is 0 Å². The molecule has 1 aliphatic heterocycles. The SMILES string of the molecule is CCCCCCCCCCCCCCCC(=O)Nc1ccc(C(=O)Oc2ccc(C)c(C34CCN(CC5CC5)C(C)C3CC(C(C)C(C)(C)C)C(OC)C4)c2OCC)cc1. The lowest BCUT2D eigenvalue weighted by molar-refractivity contribution is -0.116. The van der Waals surface area contributed by atoms with Crippen LogP contribution in [0.1, 0.15) is 192 Å². The molecule has 0 spiro atoms. The van der Waals surface area contributed by atoms with E-state index < -0.39 is 5.97 Å². The molecule has 7 heteroatoms. The van der Waals surface area contributed by atoms with Crippen molar-refractivity contribution in [2.45, 2.75) is 195 Å². The fourth-order valence-electron chi connectivity index (χ4n) is 10.8. The molecule has 3 aliphatic rings. The number of aryl methyl sites for hydroxylation is 1. The molecule has 1 amide bonds. The molecule has 2 saturated carbocycles. The van der Waals surface area contributed by atoms with Crippen LogP contribution in [0.15, 0.2) is 36.4 Å². The number of hydrogen-bond donors (Lipinski definition) is 1. The van der Waals surface area contributed by atoms with Crippen LogP contribution >= 0.6 is 0 Å². The van der Waals surface area contributed by atoms with Crippen LogP contribution in [0.25, 0.3) is 0 Å². The number of amides is 1. The number of nitrogens with zero attached hydrogens (tertiary/aromatic N) is 1. The van der Waals surface area contributed by atoms with E-state index in [9.17, 15) is 9.59 Å². The Kier molecular flexibility index (Phi) is 18.4. The van der Waals surface area contributed by atoms with Gasteiger partial charge in [-0.3, -0.25) is 4.79 Å². The number of likely N-dealkylation sites (tertiary alicyclic amines) is 1. The van der Waals surface area contributed by atoms with E-state index in [1.807, 2.05) is 20.1 Å². The second-order valence-electron chi connectivity index (χ2n) is 20.2. The number of benzene rings is 2. The Morgan fingerprint density at radius 3 is 2.07 bits per heavy atom. The van der Waals surface area contributed by atoms with Crippen molar-refractivity contribution in [3.05, 3.63) is 53.1 Å². The van der Waals surface area contributed by atoms with Gasteiger partial charge in [0, 0.05) is 42.8 Å². The zero-order chi connectivity index (χ0) is 43.3. The lowest BCUT2D eigenvalue weighted by Gasteiger charge is -2.59. The number of unbranched alkanes of at least 4 members (excludes halogenated alkanes) is 12. The fraction of sp³-hybridized carbons (Fsp3) is 0.736. The minimum Gasteiger partial charge on any atom is -0.490 e. The van der Waals surface area contributed by atoms with Crippen LogP contribution in [-0.2, 0) is 14.9 Å². The molecule has 60 heavy (non-hydrogen) atoms. The lowest BCUT2D eigenvalue weighted by Crippen LogP contribution is -2.61. The first kappa shape index (κ1) is 48.1. The fourth-order valence-corrected chi connectivity index (χ4v) is 10.8. The molecule has 1 heterocycles. The van der Waals surface area contributed by atoms with Gasteiger partial charge in [-0.25, -0.2) is 4.79 Å². The molecular weight excluding hydrogens is 745 g/mol. The van der Waals surface area contributed by atoms with E-state index >= 15 is 0 Å². The van der Waals surface area contributed by atoms with Crippen LogP contribution in [0, 0.1) is 36.0 Å². The number of piperidine rings is 1. The molecule has 3 fully saturated rings. The number of carbonyl (C=O) groups is 2. The van der Waals surface area contributed by atoms with Crippen LogP contribution < -0.4 is 14.8 Å². The van der Waals surface area contributed by atoms with Gasteiger partial charge in [-0.1, -0.05) is 118 Å². The maximum Gasteiger partial charge on any atom is 0.343 e. The number of esters is 1. The van der Waals surface area contributed by atoms with Crippen molar-refractivity contribution in [3.8, 4) is 11.5 Å². The van der Waals surface area contributed by atoms with Crippen LogP contribution in [0.3, 0.4) is 0 Å². The molecular formula is C53H84N2O5. The second-order valence-corrected chi connectivity index (χ2v) is 20.2. The largest absolute Gasteiger partial charge is 0.490 e. The number of anilines is 1. The van der Waals surface area contributed by atoms with Gasteiger partial charge in [-0.15, -0.1) is 0 Å². The van der Waals surface area contributed by atoms with Crippen molar-refractivity contribution in [2.75, 3.05) is 32.1 Å². The molecule has 2 aromatic rings. The summed E-state index contributed by atoms with van der Waals surface area (Å²) < 4.78 is 19.3. The molecule has 1 saturated heterocycles. The lowest BCUT2D eigenvalue weighted by atomic mass is 9.51. The molecule has 2 aliphatic carbocycles. The van der Waals surface area contributed by atoms with E-state index in [-0.39, 0.29) is 22.8 Å². The minimum atomic E-state index is -0.435. The van der Waals surface area contributed by atoms with Gasteiger partial charge in [-0.2, -0.15) is 0 Å². The Morgan fingerprint density at radius 1 is 0.883 bits per heavy atom. The van der Waals surface area contributed by atoms with Crippen molar-refractivity contribution in [1.29, 1.82) is 0 Å². The number of rotatable bonds is 24. The highest BCUT2D eigenvalue weighted by Gasteiger charge is 2.57. The van der Waals surface area contributed by atoms with Crippen molar-refractivity contribution in [2.24, 2.45) is 29.1 Å². The van der Waals surface area contributed by atoms with Crippen LogP contribution in [0.4, 0.5) is 5.69 Å². The van der Waals surface area contributed by atoms with Crippen LogP contribution in [-0.4, -0.2) is 55.7 Å². The number of carbonyl (C=O) groups excluding carboxylic acids is 2. The van der Waals surface area contributed by atoms with E-state index in [1.165, 1.54) is 101 Å². The maximum absolute atomic E-state index is 13.8. The maximum atomic E-state index is 13.8. The summed E-state index contributed by atoms with van der Waals surface area (Å²) in [4.78, 5) is 29.4. The highest BCUT2D eigenvalue weighted by molar-refractivity contribution is 5.94. The number of nitrogens with one attached hydrogen (secondary N) is 1. The van der Waals surface area contributed by atoms with Gasteiger partial charge in [-0.05, 0) is 131 Å². The highest BCUT2D eigenvalue weighted by atomic mass is 16.6. The minimum absolute atomic E-state index is 0.0184. The molecule has 0 aromatic heterocycles. The molecule has 6 atom stereocenters. The highest BCUT2D eigenvalue weighted by Crippen LogP contribution is 2.59. The molecule has 336 valence electrons. The normalized spacial score (nSPS) is 23.8. The van der Waals surface area contributed by atoms with Crippen molar-refractivity contribution in [3.63, 3.8) is 0 Å². The second kappa shape index (κ2) is 23.0. The Bertz CT molecular complexity index is 1630. The average molecular weight is 829 g/mol. The molecule has 7 nitrogen and oxygen atoms in total. The van der Waals surface area contributed by atoms with Gasteiger partial charge in [0.2, 0.25) is 5.91 Å². The topological polar surface area (TPSA) is 77.1 Å². The zero-order valence-electron chi connectivity index (χ0n) is 39.5. The number of methoxy groups -OCH3 is 1. The Morgan fingerprint density at radius 2 is 1.50 bits per heavy atom. The third-order valence-electron chi connectivity index (χ3n) is 15.0. The smallest absolute Gasteiger partial charge is 0.343 e. The third kappa shape index (κ3) is 12.8. The summed E-state index contributed by atoms with van der Waals surface area (Å²) in [5.41, 5.74) is 3.49. The quantitative estimate of drug-likeness (QED) is 0.0645.